The Morgan fingerprint density at radius 3 is 1.75 bits per heavy atom. The highest BCUT2D eigenvalue weighted by atomic mass is 15.1. The Hall–Kier alpha value is -0.790. The quantitative estimate of drug-likeness (QED) is 0.242. The summed E-state index contributed by atoms with van der Waals surface area (Å²) >= 11 is 0. The Morgan fingerprint density at radius 1 is 0.708 bits per heavy atom. The maximum absolute atomic E-state index is 2.49. The van der Waals surface area contributed by atoms with Crippen LogP contribution in [-0.4, -0.2) is 4.57 Å². The van der Waals surface area contributed by atoms with E-state index in [0.717, 1.165) is 6.54 Å². The van der Waals surface area contributed by atoms with Crippen LogP contribution in [-0.2, 0) is 19.5 Å². The fraction of sp³-hybridized carbons (Fsp3) is 0.864. The zero-order chi connectivity index (χ0) is 17.5. The van der Waals surface area contributed by atoms with Crippen LogP contribution in [0.25, 0.3) is 0 Å². The van der Waals surface area contributed by atoms with Gasteiger partial charge in [0.05, 0.1) is 13.1 Å². The lowest BCUT2D eigenvalue weighted by Gasteiger charge is -2.04. The zero-order valence-electron chi connectivity index (χ0n) is 16.9. The monoisotopic (exact) mass is 335 g/mol. The van der Waals surface area contributed by atoms with Gasteiger partial charge in [-0.05, 0) is 26.2 Å². The lowest BCUT2D eigenvalue weighted by Crippen LogP contribution is -2.37. The highest BCUT2D eigenvalue weighted by Gasteiger charge is 2.14. The predicted octanol–water partition coefficient (Wildman–Crippen LogP) is 6.45. The van der Waals surface area contributed by atoms with Gasteiger partial charge in [0.15, 0.2) is 0 Å². The molecule has 0 aliphatic carbocycles. The third-order valence-corrected chi connectivity index (χ3v) is 5.16. The molecule has 2 nitrogen and oxygen atoms in total. The molecule has 0 amide bonds. The standard InChI is InChI=1S/C22H43N2/c1-4-7-8-9-10-11-12-13-14-15-16-17-19-24-21-20-23(6-3)22(24)18-5-2/h20-21H,4-19H2,1-3H3/q+1. The molecule has 0 atom stereocenters. The largest absolute Gasteiger partial charge is 0.256 e. The van der Waals surface area contributed by atoms with Gasteiger partial charge in [0.25, 0.3) is 5.82 Å². The zero-order valence-corrected chi connectivity index (χ0v) is 16.9. The average Bonchev–Trinajstić information content (AvgIpc) is 2.98. The minimum atomic E-state index is 1.10. The average molecular weight is 336 g/mol. The first-order chi connectivity index (χ1) is 11.8. The van der Waals surface area contributed by atoms with E-state index in [4.69, 9.17) is 0 Å². The van der Waals surface area contributed by atoms with Crippen molar-refractivity contribution in [2.24, 2.45) is 0 Å². The topological polar surface area (TPSA) is 8.81 Å². The van der Waals surface area contributed by atoms with Gasteiger partial charge >= 0.3 is 0 Å². The Balaban J connectivity index is 2.00. The summed E-state index contributed by atoms with van der Waals surface area (Å²) in [5.74, 6) is 1.52. The van der Waals surface area contributed by atoms with E-state index in [0.29, 0.717) is 0 Å². The number of hydrogen-bond donors (Lipinski definition) is 0. The van der Waals surface area contributed by atoms with Gasteiger partial charge in [-0.1, -0.05) is 78.1 Å². The summed E-state index contributed by atoms with van der Waals surface area (Å²) in [5, 5.41) is 0. The summed E-state index contributed by atoms with van der Waals surface area (Å²) in [6.07, 6.45) is 24.1. The molecule has 0 bridgehead atoms. The molecule has 0 N–H and O–H groups in total. The minimum absolute atomic E-state index is 1.10. The Kier molecular flexibility index (Phi) is 12.9. The van der Waals surface area contributed by atoms with Crippen LogP contribution in [0.15, 0.2) is 12.4 Å². The number of rotatable bonds is 16. The number of aromatic nitrogens is 2. The maximum Gasteiger partial charge on any atom is 0.256 e. The van der Waals surface area contributed by atoms with E-state index in [1.165, 1.54) is 102 Å². The summed E-state index contributed by atoms with van der Waals surface area (Å²) in [6, 6.07) is 0. The third-order valence-electron chi connectivity index (χ3n) is 5.16. The Labute approximate surface area is 151 Å². The lowest BCUT2D eigenvalue weighted by atomic mass is 10.1. The molecule has 24 heavy (non-hydrogen) atoms. The third kappa shape index (κ3) is 8.89. The summed E-state index contributed by atoms with van der Waals surface area (Å²) in [7, 11) is 0. The van der Waals surface area contributed by atoms with E-state index in [-0.39, 0.29) is 0 Å². The number of nitrogens with zero attached hydrogens (tertiary/aromatic N) is 2. The second kappa shape index (κ2) is 14.5. The second-order valence-corrected chi connectivity index (χ2v) is 7.33. The molecule has 0 fully saturated rings. The molecule has 0 radical (unpaired) electrons. The maximum atomic E-state index is 2.49. The van der Waals surface area contributed by atoms with Gasteiger partial charge in [-0.2, -0.15) is 0 Å². The van der Waals surface area contributed by atoms with Crippen molar-refractivity contribution >= 4 is 0 Å². The molecular formula is C22H43N2+. The van der Waals surface area contributed by atoms with Crippen molar-refractivity contribution in [3.63, 3.8) is 0 Å². The van der Waals surface area contributed by atoms with Crippen LogP contribution in [0.3, 0.4) is 0 Å². The number of aryl methyl sites for hydroxylation is 2. The summed E-state index contributed by atoms with van der Waals surface area (Å²) < 4.78 is 4.90. The van der Waals surface area contributed by atoms with E-state index >= 15 is 0 Å². The van der Waals surface area contributed by atoms with Crippen molar-refractivity contribution in [2.75, 3.05) is 0 Å². The summed E-state index contributed by atoms with van der Waals surface area (Å²) in [5.41, 5.74) is 0. The van der Waals surface area contributed by atoms with Crippen LogP contribution < -0.4 is 4.57 Å². The first-order valence-electron chi connectivity index (χ1n) is 10.9. The molecule has 0 aliphatic rings. The highest BCUT2D eigenvalue weighted by molar-refractivity contribution is 4.83. The van der Waals surface area contributed by atoms with E-state index in [1.807, 2.05) is 0 Å². The van der Waals surface area contributed by atoms with Crippen molar-refractivity contribution in [3.8, 4) is 0 Å². The first-order valence-corrected chi connectivity index (χ1v) is 10.9. The highest BCUT2D eigenvalue weighted by Crippen LogP contribution is 2.12. The molecule has 140 valence electrons. The normalized spacial score (nSPS) is 11.3. The molecule has 1 aromatic heterocycles. The molecule has 0 aromatic carbocycles. The van der Waals surface area contributed by atoms with Crippen molar-refractivity contribution in [1.82, 2.24) is 4.57 Å². The van der Waals surface area contributed by atoms with Gasteiger partial charge in [0, 0.05) is 6.42 Å². The van der Waals surface area contributed by atoms with E-state index in [1.54, 1.807) is 0 Å². The van der Waals surface area contributed by atoms with Gasteiger partial charge in [-0.15, -0.1) is 0 Å². The molecule has 0 aliphatic heterocycles. The fourth-order valence-electron chi connectivity index (χ4n) is 3.62. The van der Waals surface area contributed by atoms with Crippen LogP contribution >= 0.6 is 0 Å². The number of hydrogen-bond acceptors (Lipinski definition) is 0. The first kappa shape index (κ1) is 21.3. The van der Waals surface area contributed by atoms with Crippen LogP contribution in [0.2, 0.25) is 0 Å². The number of unbranched alkanes of at least 4 members (excludes halogenated alkanes) is 11. The summed E-state index contributed by atoms with van der Waals surface area (Å²) in [4.78, 5) is 0. The van der Waals surface area contributed by atoms with Gasteiger partial charge in [0.1, 0.15) is 12.4 Å². The predicted molar refractivity (Wildman–Crippen MR) is 105 cm³/mol. The van der Waals surface area contributed by atoms with E-state index in [9.17, 15) is 0 Å². The van der Waals surface area contributed by atoms with E-state index < -0.39 is 0 Å². The molecule has 0 unspecified atom stereocenters. The lowest BCUT2D eigenvalue weighted by molar-refractivity contribution is -0.704. The SMILES string of the molecule is CCCCCCCCCCCCCC[n+]1ccn(CC)c1CCC. The molecular weight excluding hydrogens is 292 g/mol. The van der Waals surface area contributed by atoms with Crippen molar-refractivity contribution < 1.29 is 4.57 Å². The Morgan fingerprint density at radius 2 is 1.25 bits per heavy atom. The Bertz CT molecular complexity index is 395. The molecule has 0 saturated carbocycles. The van der Waals surface area contributed by atoms with Gasteiger partial charge in [-0.25, -0.2) is 9.13 Å². The van der Waals surface area contributed by atoms with Crippen molar-refractivity contribution in [1.29, 1.82) is 0 Å². The van der Waals surface area contributed by atoms with Gasteiger partial charge in [-0.3, -0.25) is 0 Å². The minimum Gasteiger partial charge on any atom is -0.235 e. The fourth-order valence-corrected chi connectivity index (χ4v) is 3.62. The van der Waals surface area contributed by atoms with Gasteiger partial charge < -0.3 is 0 Å². The van der Waals surface area contributed by atoms with Crippen molar-refractivity contribution in [3.05, 3.63) is 18.2 Å². The smallest absolute Gasteiger partial charge is 0.235 e. The second-order valence-electron chi connectivity index (χ2n) is 7.33. The molecule has 0 spiro atoms. The molecule has 1 aromatic rings. The van der Waals surface area contributed by atoms with Crippen LogP contribution in [0.4, 0.5) is 0 Å². The van der Waals surface area contributed by atoms with Gasteiger partial charge in [0.2, 0.25) is 0 Å². The molecule has 1 heterocycles. The van der Waals surface area contributed by atoms with Crippen LogP contribution in [0, 0.1) is 0 Å². The molecule has 2 heteroatoms. The number of imidazole rings is 1. The van der Waals surface area contributed by atoms with Crippen LogP contribution in [0.5, 0.6) is 0 Å². The van der Waals surface area contributed by atoms with Crippen LogP contribution in [0.1, 0.15) is 110 Å². The molecule has 0 saturated heterocycles. The summed E-state index contributed by atoms with van der Waals surface area (Å²) in [6.45, 7) is 9.12. The molecule has 1 rings (SSSR count). The van der Waals surface area contributed by atoms with E-state index in [2.05, 4.69) is 42.3 Å². The van der Waals surface area contributed by atoms with Crippen molar-refractivity contribution in [2.45, 2.75) is 124 Å².